The van der Waals surface area contributed by atoms with Gasteiger partial charge in [0.15, 0.2) is 5.71 Å². The molecule has 2 aromatic carbocycles. The van der Waals surface area contributed by atoms with Crippen LogP contribution in [-0.4, -0.2) is 72.2 Å². The molecule has 3 heterocycles. The Kier molecular flexibility index (Phi) is 10.9. The van der Waals surface area contributed by atoms with Crippen molar-refractivity contribution < 1.29 is 49.7 Å². The highest BCUT2D eigenvalue weighted by Gasteiger charge is 2.40. The van der Waals surface area contributed by atoms with Crippen LogP contribution in [0.2, 0.25) is 0 Å². The number of nitrogens with zero attached hydrogens (tertiary/aromatic N) is 3. The zero-order chi connectivity index (χ0) is 37.3. The smallest absolute Gasteiger partial charge is 0.333 e. The molecule has 3 aliphatic heterocycles. The monoisotopic (exact) mass is 740 g/mol. The molecule has 0 bridgehead atoms. The molecule has 2 aromatic rings. The second-order valence-corrected chi connectivity index (χ2v) is 16.0. The molecule has 5 rings (SSSR count). The number of allylic oxidation sites excluding steroid dienone is 6. The summed E-state index contributed by atoms with van der Waals surface area (Å²) in [7, 11) is -8.77. The maximum atomic E-state index is 12.2. The van der Waals surface area contributed by atoms with E-state index in [4.69, 9.17) is 4.84 Å². The molecule has 272 valence electrons. The summed E-state index contributed by atoms with van der Waals surface area (Å²) in [6.07, 6.45) is 11.4. The van der Waals surface area contributed by atoms with Crippen LogP contribution in [0.5, 0.6) is 0 Å². The third-order valence-electron chi connectivity index (χ3n) is 9.49. The minimum atomic E-state index is -4.43. The van der Waals surface area contributed by atoms with E-state index in [-0.39, 0.29) is 35.0 Å². The Labute approximate surface area is 298 Å². The molecule has 0 spiro atoms. The summed E-state index contributed by atoms with van der Waals surface area (Å²) in [5, 5.41) is 0.542. The van der Waals surface area contributed by atoms with Crippen LogP contribution < -0.4 is 4.90 Å². The Morgan fingerprint density at radius 1 is 0.941 bits per heavy atom. The Bertz CT molecular complexity index is 2100. The van der Waals surface area contributed by atoms with E-state index in [9.17, 15) is 40.3 Å². The second kappa shape index (κ2) is 14.7. The number of amides is 2. The Hall–Kier alpha value is -4.44. The standard InChI is InChI=1S/C36H41N3O10S2/c1-5-37-29(24(2)27-22-25(50(43,44)45)15-17-30(27)37)12-8-6-9-13-32-36(3,4)28-23-26(51(46,47)48)16-18-31(28)38(32)21-11-7-10-14-35(42)49-39-33(40)19-20-34(39)41/h6,8-9,12-13,15-18,22-24H,5,7,10-11,14,19-21H2,1-4H3,(H-,43,44,45,46,47,48)/p+1. The zero-order valence-corrected chi connectivity index (χ0v) is 30.5. The van der Waals surface area contributed by atoms with Crippen molar-refractivity contribution in [3.05, 3.63) is 83.6 Å². The number of unbranched alkanes of at least 4 members (excludes halogenated alkanes) is 2. The van der Waals surface area contributed by atoms with E-state index < -0.39 is 43.4 Å². The van der Waals surface area contributed by atoms with Crippen molar-refractivity contribution >= 4 is 55.1 Å². The number of carbonyl (C=O) groups is 3. The average molecular weight is 741 g/mol. The van der Waals surface area contributed by atoms with Gasteiger partial charge in [0, 0.05) is 60.3 Å². The average Bonchev–Trinajstić information content (AvgIpc) is 3.60. The largest absolute Gasteiger partial charge is 0.344 e. The number of hydrogen-bond donors (Lipinski definition) is 2. The summed E-state index contributed by atoms with van der Waals surface area (Å²) >= 11 is 0. The Morgan fingerprint density at radius 3 is 2.24 bits per heavy atom. The molecule has 2 N–H and O–H groups in total. The fourth-order valence-electron chi connectivity index (χ4n) is 6.85. The van der Waals surface area contributed by atoms with Gasteiger partial charge in [-0.25, -0.2) is 4.79 Å². The highest BCUT2D eigenvalue weighted by Crippen LogP contribution is 2.48. The van der Waals surface area contributed by atoms with E-state index in [0.29, 0.717) is 37.4 Å². The molecule has 0 saturated carbocycles. The highest BCUT2D eigenvalue weighted by atomic mass is 32.2. The van der Waals surface area contributed by atoms with Crippen LogP contribution in [0.3, 0.4) is 0 Å². The fourth-order valence-corrected chi connectivity index (χ4v) is 7.87. The molecule has 0 aromatic heterocycles. The van der Waals surface area contributed by atoms with Gasteiger partial charge in [-0.2, -0.15) is 21.4 Å². The van der Waals surface area contributed by atoms with Gasteiger partial charge in [-0.3, -0.25) is 18.7 Å². The lowest BCUT2D eigenvalue weighted by Crippen LogP contribution is -2.32. The molecule has 51 heavy (non-hydrogen) atoms. The van der Waals surface area contributed by atoms with Crippen molar-refractivity contribution in [1.82, 2.24) is 5.06 Å². The lowest BCUT2D eigenvalue weighted by atomic mass is 9.83. The number of benzene rings is 2. The number of carbonyl (C=O) groups excluding carboxylic acids is 3. The number of hydrogen-bond acceptors (Lipinski definition) is 9. The topological polar surface area (TPSA) is 179 Å². The van der Waals surface area contributed by atoms with Gasteiger partial charge in [0.05, 0.1) is 15.7 Å². The maximum Gasteiger partial charge on any atom is 0.333 e. The van der Waals surface area contributed by atoms with E-state index in [1.807, 2.05) is 58.1 Å². The third kappa shape index (κ3) is 7.91. The predicted molar refractivity (Wildman–Crippen MR) is 189 cm³/mol. The lowest BCUT2D eigenvalue weighted by Gasteiger charge is -2.27. The SMILES string of the molecule is CC[N+]1=C(/C=C/C=C/C=C2/N(CCCCCC(=O)ON3C(=O)CCC3=O)c3ccc(S(=O)(=O)O)cc3C2(C)C)C(C)c2cc(S(=O)(=O)O)ccc21. The lowest BCUT2D eigenvalue weighted by molar-refractivity contribution is -0.432. The van der Waals surface area contributed by atoms with Crippen molar-refractivity contribution in [2.24, 2.45) is 0 Å². The molecule has 3 aliphatic rings. The summed E-state index contributed by atoms with van der Waals surface area (Å²) in [4.78, 5) is 42.4. The summed E-state index contributed by atoms with van der Waals surface area (Å²) in [5.74, 6) is -1.82. The van der Waals surface area contributed by atoms with Crippen molar-refractivity contribution in [2.45, 2.75) is 87.3 Å². The van der Waals surface area contributed by atoms with Crippen LogP contribution >= 0.6 is 0 Å². The van der Waals surface area contributed by atoms with Crippen LogP contribution in [-0.2, 0) is 44.9 Å². The minimum Gasteiger partial charge on any atom is -0.344 e. The van der Waals surface area contributed by atoms with Crippen molar-refractivity contribution in [3.63, 3.8) is 0 Å². The van der Waals surface area contributed by atoms with Gasteiger partial charge in [-0.1, -0.05) is 38.5 Å². The van der Waals surface area contributed by atoms with Gasteiger partial charge >= 0.3 is 5.97 Å². The summed E-state index contributed by atoms with van der Waals surface area (Å²) in [6.45, 7) is 9.11. The summed E-state index contributed by atoms with van der Waals surface area (Å²) in [6, 6.07) is 9.13. The number of anilines is 1. The quantitative estimate of drug-likeness (QED) is 0.0888. The zero-order valence-electron chi connectivity index (χ0n) is 28.9. The first kappa shape index (κ1) is 37.8. The van der Waals surface area contributed by atoms with Crippen LogP contribution in [0.4, 0.5) is 11.4 Å². The van der Waals surface area contributed by atoms with Gasteiger partial charge in [0.25, 0.3) is 32.1 Å². The van der Waals surface area contributed by atoms with E-state index in [2.05, 4.69) is 9.48 Å². The van der Waals surface area contributed by atoms with E-state index in [1.165, 1.54) is 24.3 Å². The maximum absolute atomic E-state index is 12.2. The van der Waals surface area contributed by atoms with Gasteiger partial charge in [0.1, 0.15) is 6.54 Å². The molecule has 0 radical (unpaired) electrons. The van der Waals surface area contributed by atoms with E-state index in [0.717, 1.165) is 33.9 Å². The first-order valence-electron chi connectivity index (χ1n) is 16.7. The van der Waals surface area contributed by atoms with Crippen LogP contribution in [0, 0.1) is 0 Å². The van der Waals surface area contributed by atoms with E-state index >= 15 is 0 Å². The molecule has 1 atom stereocenters. The second-order valence-electron chi connectivity index (χ2n) is 13.2. The van der Waals surface area contributed by atoms with E-state index in [1.54, 1.807) is 12.1 Å². The van der Waals surface area contributed by atoms with Crippen LogP contribution in [0.15, 0.2) is 82.3 Å². The predicted octanol–water partition coefficient (Wildman–Crippen LogP) is 5.36. The number of rotatable bonds is 13. The minimum absolute atomic E-state index is 0.0282. The molecule has 2 amide bonds. The van der Waals surface area contributed by atoms with Gasteiger partial charge in [0.2, 0.25) is 5.69 Å². The van der Waals surface area contributed by atoms with Crippen molar-refractivity contribution in [2.75, 3.05) is 18.0 Å². The molecular formula is C36H42N3O10S2+. The molecule has 13 nitrogen and oxygen atoms in total. The first-order valence-corrected chi connectivity index (χ1v) is 19.6. The number of hydroxylamine groups is 2. The molecule has 1 unspecified atom stereocenters. The van der Waals surface area contributed by atoms with Crippen LogP contribution in [0.25, 0.3) is 0 Å². The normalized spacial score (nSPS) is 19.6. The molecule has 15 heteroatoms. The van der Waals surface area contributed by atoms with Gasteiger partial charge in [-0.05, 0) is 68.7 Å². The number of imide groups is 1. The van der Waals surface area contributed by atoms with Gasteiger partial charge in [-0.15, -0.1) is 5.06 Å². The Morgan fingerprint density at radius 2 is 1.59 bits per heavy atom. The number of fused-ring (bicyclic) bond motifs is 2. The summed E-state index contributed by atoms with van der Waals surface area (Å²) in [5.41, 5.74) is 4.42. The first-order chi connectivity index (χ1) is 23.9. The summed E-state index contributed by atoms with van der Waals surface area (Å²) < 4.78 is 68.8. The van der Waals surface area contributed by atoms with Gasteiger partial charge < -0.3 is 9.74 Å². The molecular weight excluding hydrogens is 699 g/mol. The molecule has 1 fully saturated rings. The molecule has 0 aliphatic carbocycles. The van der Waals surface area contributed by atoms with Crippen LogP contribution in [0.1, 0.15) is 83.3 Å². The third-order valence-corrected chi connectivity index (χ3v) is 11.2. The van der Waals surface area contributed by atoms with Crippen molar-refractivity contribution in [1.29, 1.82) is 0 Å². The Balaban J connectivity index is 1.31. The van der Waals surface area contributed by atoms with Crippen molar-refractivity contribution in [3.8, 4) is 0 Å². The molecule has 1 saturated heterocycles. The fraction of sp³-hybridized carbons (Fsp3) is 0.389. The highest BCUT2D eigenvalue weighted by molar-refractivity contribution is 7.86.